The van der Waals surface area contributed by atoms with Crippen molar-refractivity contribution in [1.82, 2.24) is 9.88 Å². The zero-order valence-electron chi connectivity index (χ0n) is 10.2. The number of pyridine rings is 1. The maximum Gasteiger partial charge on any atom is 0.251 e. The lowest BCUT2D eigenvalue weighted by atomic mass is 10.1. The second-order valence-corrected chi connectivity index (χ2v) is 3.78. The SMILES string of the molecule is COC(C)C(=O)N(C)C(C)c1ccncc1. The highest BCUT2D eigenvalue weighted by Crippen LogP contribution is 2.18. The van der Waals surface area contributed by atoms with Gasteiger partial charge in [-0.2, -0.15) is 0 Å². The van der Waals surface area contributed by atoms with E-state index in [1.54, 1.807) is 31.3 Å². The topological polar surface area (TPSA) is 42.4 Å². The highest BCUT2D eigenvalue weighted by atomic mass is 16.5. The largest absolute Gasteiger partial charge is 0.372 e. The Bertz CT molecular complexity index is 340. The molecule has 16 heavy (non-hydrogen) atoms. The zero-order chi connectivity index (χ0) is 12.1. The number of hydrogen-bond donors (Lipinski definition) is 0. The van der Waals surface area contributed by atoms with Gasteiger partial charge in [-0.25, -0.2) is 0 Å². The Kier molecular flexibility index (Phi) is 4.43. The fraction of sp³-hybridized carbons (Fsp3) is 0.500. The van der Waals surface area contributed by atoms with Gasteiger partial charge in [0.05, 0.1) is 6.04 Å². The van der Waals surface area contributed by atoms with E-state index < -0.39 is 6.10 Å². The van der Waals surface area contributed by atoms with Gasteiger partial charge in [-0.05, 0) is 31.5 Å². The third-order valence-electron chi connectivity index (χ3n) is 2.82. The fourth-order valence-electron chi connectivity index (χ4n) is 1.44. The van der Waals surface area contributed by atoms with E-state index in [4.69, 9.17) is 4.74 Å². The standard InChI is InChI=1S/C12H18N2O2/c1-9(11-5-7-13-8-6-11)14(3)12(15)10(2)16-4/h5-10H,1-4H3. The van der Waals surface area contributed by atoms with Crippen LogP contribution in [0.1, 0.15) is 25.5 Å². The van der Waals surface area contributed by atoms with Gasteiger partial charge in [0.25, 0.3) is 5.91 Å². The number of carbonyl (C=O) groups is 1. The van der Waals surface area contributed by atoms with Gasteiger partial charge in [0.15, 0.2) is 0 Å². The van der Waals surface area contributed by atoms with Gasteiger partial charge in [0.2, 0.25) is 0 Å². The highest BCUT2D eigenvalue weighted by Gasteiger charge is 2.21. The van der Waals surface area contributed by atoms with Gasteiger partial charge in [0.1, 0.15) is 6.10 Å². The molecule has 1 amide bonds. The number of hydrogen-bond acceptors (Lipinski definition) is 3. The van der Waals surface area contributed by atoms with Gasteiger partial charge in [0, 0.05) is 26.6 Å². The van der Waals surface area contributed by atoms with Crippen molar-refractivity contribution in [3.63, 3.8) is 0 Å². The van der Waals surface area contributed by atoms with E-state index in [2.05, 4.69) is 4.98 Å². The Labute approximate surface area is 96.2 Å². The molecule has 0 bridgehead atoms. The third kappa shape index (κ3) is 2.79. The number of ether oxygens (including phenoxy) is 1. The highest BCUT2D eigenvalue weighted by molar-refractivity contribution is 5.80. The molecule has 1 aromatic rings. The summed E-state index contributed by atoms with van der Waals surface area (Å²) < 4.78 is 5.02. The quantitative estimate of drug-likeness (QED) is 0.777. The Morgan fingerprint density at radius 3 is 2.44 bits per heavy atom. The molecule has 0 aliphatic heterocycles. The lowest BCUT2D eigenvalue weighted by Crippen LogP contribution is -2.37. The minimum Gasteiger partial charge on any atom is -0.372 e. The monoisotopic (exact) mass is 222 g/mol. The summed E-state index contributed by atoms with van der Waals surface area (Å²) in [5.74, 6) is -0.0215. The molecule has 0 spiro atoms. The fourth-order valence-corrected chi connectivity index (χ4v) is 1.44. The molecule has 1 aromatic heterocycles. The first kappa shape index (κ1) is 12.6. The van der Waals surface area contributed by atoms with Crippen LogP contribution < -0.4 is 0 Å². The first-order valence-electron chi connectivity index (χ1n) is 5.27. The summed E-state index contributed by atoms with van der Waals surface area (Å²) in [5, 5.41) is 0. The lowest BCUT2D eigenvalue weighted by Gasteiger charge is -2.27. The van der Waals surface area contributed by atoms with Crippen molar-refractivity contribution >= 4 is 5.91 Å². The van der Waals surface area contributed by atoms with E-state index >= 15 is 0 Å². The van der Waals surface area contributed by atoms with Crippen molar-refractivity contribution in [2.24, 2.45) is 0 Å². The molecule has 1 rings (SSSR count). The van der Waals surface area contributed by atoms with Crippen LogP contribution in [0.15, 0.2) is 24.5 Å². The molecule has 88 valence electrons. The molecule has 0 radical (unpaired) electrons. The Balaban J connectivity index is 2.75. The van der Waals surface area contributed by atoms with E-state index in [1.165, 1.54) is 7.11 Å². The third-order valence-corrected chi connectivity index (χ3v) is 2.82. The van der Waals surface area contributed by atoms with Crippen molar-refractivity contribution in [2.75, 3.05) is 14.2 Å². The number of likely N-dealkylation sites (N-methyl/N-ethyl adjacent to an activating group) is 1. The Morgan fingerprint density at radius 2 is 1.94 bits per heavy atom. The summed E-state index contributed by atoms with van der Waals surface area (Å²) in [4.78, 5) is 17.5. The average Bonchev–Trinajstić information content (AvgIpc) is 2.36. The summed E-state index contributed by atoms with van der Waals surface area (Å²) in [6.45, 7) is 3.73. The summed E-state index contributed by atoms with van der Waals surface area (Å²) in [6.07, 6.45) is 3.04. The molecule has 0 fully saturated rings. The van der Waals surface area contributed by atoms with E-state index in [1.807, 2.05) is 19.1 Å². The maximum absolute atomic E-state index is 11.9. The number of aromatic nitrogens is 1. The number of carbonyl (C=O) groups excluding carboxylic acids is 1. The van der Waals surface area contributed by atoms with Crippen molar-refractivity contribution in [3.8, 4) is 0 Å². The van der Waals surface area contributed by atoms with Crippen molar-refractivity contribution in [1.29, 1.82) is 0 Å². The number of amides is 1. The van der Waals surface area contributed by atoms with E-state index in [9.17, 15) is 4.79 Å². The molecule has 0 aliphatic rings. The van der Waals surface area contributed by atoms with Crippen molar-refractivity contribution < 1.29 is 9.53 Å². The Morgan fingerprint density at radius 1 is 1.38 bits per heavy atom. The van der Waals surface area contributed by atoms with Crippen LogP contribution in [0.25, 0.3) is 0 Å². The second-order valence-electron chi connectivity index (χ2n) is 3.78. The molecule has 4 heteroatoms. The van der Waals surface area contributed by atoms with E-state index in [0.29, 0.717) is 0 Å². The molecule has 1 heterocycles. The van der Waals surface area contributed by atoms with Crippen LogP contribution in [0.3, 0.4) is 0 Å². The molecular weight excluding hydrogens is 204 g/mol. The molecular formula is C12H18N2O2. The number of nitrogens with zero attached hydrogens (tertiary/aromatic N) is 2. The van der Waals surface area contributed by atoms with Crippen LogP contribution in [0.4, 0.5) is 0 Å². The molecule has 2 atom stereocenters. The lowest BCUT2D eigenvalue weighted by molar-refractivity contribution is -0.141. The predicted molar refractivity (Wildman–Crippen MR) is 61.9 cm³/mol. The molecule has 0 N–H and O–H groups in total. The first-order valence-corrected chi connectivity index (χ1v) is 5.27. The van der Waals surface area contributed by atoms with E-state index in [-0.39, 0.29) is 11.9 Å². The van der Waals surface area contributed by atoms with E-state index in [0.717, 1.165) is 5.56 Å². The number of methoxy groups -OCH3 is 1. The molecule has 0 saturated heterocycles. The van der Waals surface area contributed by atoms with Crippen LogP contribution >= 0.6 is 0 Å². The molecule has 4 nitrogen and oxygen atoms in total. The molecule has 0 aromatic carbocycles. The number of rotatable bonds is 4. The van der Waals surface area contributed by atoms with Crippen LogP contribution in [-0.4, -0.2) is 36.1 Å². The first-order chi connectivity index (χ1) is 7.57. The van der Waals surface area contributed by atoms with Crippen LogP contribution in [0, 0.1) is 0 Å². The second kappa shape index (κ2) is 5.61. The van der Waals surface area contributed by atoms with Crippen molar-refractivity contribution in [3.05, 3.63) is 30.1 Å². The van der Waals surface area contributed by atoms with Crippen LogP contribution in [-0.2, 0) is 9.53 Å². The zero-order valence-corrected chi connectivity index (χ0v) is 10.2. The van der Waals surface area contributed by atoms with Crippen LogP contribution in [0.2, 0.25) is 0 Å². The van der Waals surface area contributed by atoms with Gasteiger partial charge in [-0.1, -0.05) is 0 Å². The van der Waals surface area contributed by atoms with Gasteiger partial charge >= 0.3 is 0 Å². The minimum atomic E-state index is -0.408. The predicted octanol–water partition coefficient (Wildman–Crippen LogP) is 1.64. The molecule has 2 unspecified atom stereocenters. The summed E-state index contributed by atoms with van der Waals surface area (Å²) in [6, 6.07) is 3.84. The van der Waals surface area contributed by atoms with Crippen molar-refractivity contribution in [2.45, 2.75) is 26.0 Å². The normalized spacial score (nSPS) is 14.2. The van der Waals surface area contributed by atoms with Crippen LogP contribution in [0.5, 0.6) is 0 Å². The average molecular weight is 222 g/mol. The summed E-state index contributed by atoms with van der Waals surface area (Å²) >= 11 is 0. The maximum atomic E-state index is 11.9. The van der Waals surface area contributed by atoms with Gasteiger partial charge < -0.3 is 9.64 Å². The summed E-state index contributed by atoms with van der Waals surface area (Å²) in [7, 11) is 3.32. The van der Waals surface area contributed by atoms with Gasteiger partial charge in [-0.3, -0.25) is 9.78 Å². The minimum absolute atomic E-state index is 0.0214. The smallest absolute Gasteiger partial charge is 0.251 e. The Hall–Kier alpha value is -1.42. The molecule has 0 aliphatic carbocycles. The molecule has 0 saturated carbocycles. The summed E-state index contributed by atoms with van der Waals surface area (Å²) in [5.41, 5.74) is 1.06. The van der Waals surface area contributed by atoms with Gasteiger partial charge in [-0.15, -0.1) is 0 Å².